The number of aldehydes is 1. The van der Waals surface area contributed by atoms with Gasteiger partial charge in [0, 0.05) is 0 Å². The summed E-state index contributed by atoms with van der Waals surface area (Å²) in [6.45, 7) is 10.00. The molecule has 1 aromatic rings. The van der Waals surface area contributed by atoms with Crippen LogP contribution in [0.25, 0.3) is 0 Å². The maximum absolute atomic E-state index is 12.6. The summed E-state index contributed by atoms with van der Waals surface area (Å²) in [5.41, 5.74) is -0.910. The molecule has 0 aliphatic heterocycles. The summed E-state index contributed by atoms with van der Waals surface area (Å²) in [6, 6.07) is 3.00. The maximum atomic E-state index is 12.6. The summed E-state index contributed by atoms with van der Waals surface area (Å²) in [4.78, 5) is 11.0. The van der Waals surface area contributed by atoms with Crippen LogP contribution in [0.4, 0.5) is 13.2 Å². The Kier molecular flexibility index (Phi) is 4.39. The molecule has 20 heavy (non-hydrogen) atoms. The van der Waals surface area contributed by atoms with Crippen LogP contribution in [0.1, 0.15) is 36.7 Å². The zero-order valence-corrected chi connectivity index (χ0v) is 13.3. The van der Waals surface area contributed by atoms with Gasteiger partial charge in [0.05, 0.1) is 11.1 Å². The first kappa shape index (κ1) is 16.8. The minimum atomic E-state index is -4.47. The van der Waals surface area contributed by atoms with Gasteiger partial charge in [-0.1, -0.05) is 20.8 Å². The van der Waals surface area contributed by atoms with E-state index in [2.05, 4.69) is 0 Å². The second kappa shape index (κ2) is 5.24. The van der Waals surface area contributed by atoms with Crippen molar-refractivity contribution in [3.05, 3.63) is 29.3 Å². The van der Waals surface area contributed by atoms with E-state index >= 15 is 0 Å². The van der Waals surface area contributed by atoms with Crippen LogP contribution < -0.4 is 4.43 Å². The Balaban J connectivity index is 3.19. The molecule has 0 radical (unpaired) electrons. The number of hydrogen-bond donors (Lipinski definition) is 0. The lowest BCUT2D eigenvalue weighted by Crippen LogP contribution is -2.44. The first-order valence-corrected chi connectivity index (χ1v) is 9.15. The van der Waals surface area contributed by atoms with Gasteiger partial charge in [0.2, 0.25) is 0 Å². The average molecular weight is 304 g/mol. The maximum Gasteiger partial charge on any atom is 0.416 e. The second-order valence-corrected chi connectivity index (χ2v) is 11.0. The van der Waals surface area contributed by atoms with Crippen molar-refractivity contribution < 1.29 is 22.4 Å². The average Bonchev–Trinajstić information content (AvgIpc) is 2.26. The minimum absolute atomic E-state index is 0.0651. The molecule has 0 bridgehead atoms. The van der Waals surface area contributed by atoms with E-state index in [1.807, 2.05) is 33.9 Å². The lowest BCUT2D eigenvalue weighted by Gasteiger charge is -2.36. The van der Waals surface area contributed by atoms with E-state index in [1.54, 1.807) is 0 Å². The van der Waals surface area contributed by atoms with E-state index in [0.717, 1.165) is 12.1 Å². The molecule has 0 spiro atoms. The Morgan fingerprint density at radius 2 is 1.70 bits per heavy atom. The molecule has 0 heterocycles. The Morgan fingerprint density at radius 3 is 2.10 bits per heavy atom. The highest BCUT2D eigenvalue weighted by Gasteiger charge is 2.39. The molecule has 0 aliphatic carbocycles. The third kappa shape index (κ3) is 3.62. The molecular formula is C14H19F3O2Si. The highest BCUT2D eigenvalue weighted by molar-refractivity contribution is 6.74. The fourth-order valence-electron chi connectivity index (χ4n) is 1.34. The van der Waals surface area contributed by atoms with E-state index < -0.39 is 20.1 Å². The van der Waals surface area contributed by atoms with Crippen LogP contribution in [0.15, 0.2) is 18.2 Å². The third-order valence-electron chi connectivity index (χ3n) is 3.64. The summed E-state index contributed by atoms with van der Waals surface area (Å²) < 4.78 is 43.7. The van der Waals surface area contributed by atoms with Crippen LogP contribution in [-0.4, -0.2) is 14.6 Å². The van der Waals surface area contributed by atoms with Gasteiger partial charge in [0.1, 0.15) is 5.75 Å². The van der Waals surface area contributed by atoms with Gasteiger partial charge in [-0.25, -0.2) is 0 Å². The first-order valence-electron chi connectivity index (χ1n) is 6.24. The number of halogens is 3. The summed E-state index contributed by atoms with van der Waals surface area (Å²) in [5.74, 6) is 0.222. The van der Waals surface area contributed by atoms with Crippen LogP contribution in [0.5, 0.6) is 5.75 Å². The summed E-state index contributed by atoms with van der Waals surface area (Å²) in [6.07, 6.45) is -4.06. The molecule has 0 aromatic heterocycles. The van der Waals surface area contributed by atoms with Crippen LogP contribution >= 0.6 is 0 Å². The van der Waals surface area contributed by atoms with Crippen molar-refractivity contribution >= 4 is 14.6 Å². The molecule has 0 aliphatic rings. The zero-order chi connectivity index (χ0) is 15.8. The number of rotatable bonds is 3. The lowest BCUT2D eigenvalue weighted by atomic mass is 10.1. The molecule has 0 fully saturated rings. The normalized spacial score (nSPS) is 13.2. The predicted octanol–water partition coefficient (Wildman–Crippen LogP) is 4.90. The molecule has 0 saturated heterocycles. The minimum Gasteiger partial charge on any atom is -0.543 e. The monoisotopic (exact) mass is 304 g/mol. The molecule has 2 nitrogen and oxygen atoms in total. The molecule has 0 atom stereocenters. The molecule has 1 aromatic carbocycles. The molecular weight excluding hydrogens is 285 g/mol. The van der Waals surface area contributed by atoms with Gasteiger partial charge < -0.3 is 4.43 Å². The quantitative estimate of drug-likeness (QED) is 0.586. The fraction of sp³-hybridized carbons (Fsp3) is 0.500. The van der Waals surface area contributed by atoms with Gasteiger partial charge in [0.15, 0.2) is 6.29 Å². The van der Waals surface area contributed by atoms with Crippen molar-refractivity contribution in [3.8, 4) is 5.75 Å². The number of benzene rings is 1. The lowest BCUT2D eigenvalue weighted by molar-refractivity contribution is -0.137. The number of carbonyl (C=O) groups is 1. The summed E-state index contributed by atoms with van der Waals surface area (Å²) in [7, 11) is -2.20. The van der Waals surface area contributed by atoms with Crippen molar-refractivity contribution in [1.82, 2.24) is 0 Å². The highest BCUT2D eigenvalue weighted by atomic mass is 28.4. The number of hydrogen-bond acceptors (Lipinski definition) is 2. The topological polar surface area (TPSA) is 26.3 Å². The van der Waals surface area contributed by atoms with Gasteiger partial charge in [-0.3, -0.25) is 4.79 Å². The van der Waals surface area contributed by atoms with Gasteiger partial charge in [0.25, 0.3) is 8.32 Å². The third-order valence-corrected chi connectivity index (χ3v) is 7.98. The van der Waals surface area contributed by atoms with Crippen LogP contribution in [0, 0.1) is 0 Å². The molecule has 0 saturated carbocycles. The number of carbonyl (C=O) groups excluding carboxylic acids is 1. The largest absolute Gasteiger partial charge is 0.543 e. The highest BCUT2D eigenvalue weighted by Crippen LogP contribution is 2.39. The molecule has 112 valence electrons. The van der Waals surface area contributed by atoms with Gasteiger partial charge in [-0.15, -0.1) is 0 Å². The molecule has 0 amide bonds. The second-order valence-electron chi connectivity index (χ2n) is 6.23. The van der Waals surface area contributed by atoms with E-state index in [1.165, 1.54) is 6.07 Å². The number of alkyl halides is 3. The van der Waals surface area contributed by atoms with E-state index in [-0.39, 0.29) is 16.4 Å². The zero-order valence-electron chi connectivity index (χ0n) is 12.3. The standard InChI is InChI=1S/C14H19F3O2Si/c1-13(2,3)20(4,5)19-12-7-6-11(14(15,16)17)8-10(12)9-18/h6-9H,1-5H3. The van der Waals surface area contributed by atoms with E-state index in [4.69, 9.17) is 4.43 Å². The van der Waals surface area contributed by atoms with Gasteiger partial charge >= 0.3 is 6.18 Å². The fourth-order valence-corrected chi connectivity index (χ4v) is 2.38. The smallest absolute Gasteiger partial charge is 0.416 e. The van der Waals surface area contributed by atoms with E-state index in [0.29, 0.717) is 6.29 Å². The Hall–Kier alpha value is -1.30. The van der Waals surface area contributed by atoms with Crippen molar-refractivity contribution in [2.24, 2.45) is 0 Å². The Bertz CT molecular complexity index is 502. The van der Waals surface area contributed by atoms with Crippen molar-refractivity contribution in [2.75, 3.05) is 0 Å². The summed E-state index contributed by atoms with van der Waals surface area (Å²) in [5, 5.41) is -0.101. The van der Waals surface area contributed by atoms with Gasteiger partial charge in [-0.05, 0) is 36.3 Å². The Morgan fingerprint density at radius 1 is 1.15 bits per heavy atom. The van der Waals surface area contributed by atoms with Crippen LogP contribution in [-0.2, 0) is 6.18 Å². The van der Waals surface area contributed by atoms with Gasteiger partial charge in [-0.2, -0.15) is 13.2 Å². The molecule has 0 unspecified atom stereocenters. The van der Waals surface area contributed by atoms with Crippen molar-refractivity contribution in [1.29, 1.82) is 0 Å². The summed E-state index contributed by atoms with van der Waals surface area (Å²) >= 11 is 0. The van der Waals surface area contributed by atoms with Crippen LogP contribution in [0.2, 0.25) is 18.1 Å². The molecule has 6 heteroatoms. The van der Waals surface area contributed by atoms with Crippen molar-refractivity contribution in [2.45, 2.75) is 45.1 Å². The van der Waals surface area contributed by atoms with Crippen molar-refractivity contribution in [3.63, 3.8) is 0 Å². The molecule has 0 N–H and O–H groups in total. The first-order chi connectivity index (χ1) is 8.88. The SMILES string of the molecule is CC(C)(C)[Si](C)(C)Oc1ccc(C(F)(F)F)cc1C=O. The van der Waals surface area contributed by atoms with E-state index in [9.17, 15) is 18.0 Å². The predicted molar refractivity (Wildman–Crippen MR) is 74.7 cm³/mol. The molecule has 1 rings (SSSR count). The van der Waals surface area contributed by atoms with Crippen LogP contribution in [0.3, 0.4) is 0 Å². The Labute approximate surface area is 118 Å².